The molecule has 104 valence electrons. The van der Waals surface area contributed by atoms with Crippen LogP contribution >= 0.6 is 15.9 Å². The molecule has 2 heteroatoms. The van der Waals surface area contributed by atoms with Crippen LogP contribution in [-0.4, -0.2) is 7.05 Å². The number of benzene rings is 2. The van der Waals surface area contributed by atoms with Crippen LogP contribution < -0.4 is 5.32 Å². The van der Waals surface area contributed by atoms with E-state index in [4.69, 9.17) is 0 Å². The molecule has 0 radical (unpaired) electrons. The second-order valence-corrected chi connectivity index (χ2v) is 6.41. The molecule has 0 aromatic heterocycles. The van der Waals surface area contributed by atoms with Gasteiger partial charge in [0.25, 0.3) is 0 Å². The number of nitrogens with one attached hydrogen (secondary N) is 1. The Morgan fingerprint density at radius 1 is 1.10 bits per heavy atom. The summed E-state index contributed by atoms with van der Waals surface area (Å²) in [5.74, 6) is 0.661. The highest BCUT2D eigenvalue weighted by atomic mass is 79.9. The van der Waals surface area contributed by atoms with Crippen molar-refractivity contribution in [1.82, 2.24) is 5.32 Å². The van der Waals surface area contributed by atoms with Gasteiger partial charge in [0, 0.05) is 10.5 Å². The van der Waals surface area contributed by atoms with E-state index in [2.05, 4.69) is 76.8 Å². The monoisotopic (exact) mass is 329 g/mol. The van der Waals surface area contributed by atoms with Crippen molar-refractivity contribution in [3.8, 4) is 0 Å². The molecule has 2 unspecified atom stereocenters. The molecule has 0 fully saturated rings. The van der Waals surface area contributed by atoms with Crippen LogP contribution in [0.5, 0.6) is 0 Å². The first-order chi connectivity index (χ1) is 9.79. The van der Waals surface area contributed by atoms with Crippen molar-refractivity contribution < 1.29 is 0 Å². The van der Waals surface area contributed by atoms with Crippen LogP contribution in [0, 0.1) is 5.92 Å². The van der Waals surface area contributed by atoms with E-state index in [-0.39, 0.29) is 0 Å². The molecule has 0 bridgehead atoms. The Morgan fingerprint density at radius 2 is 1.85 bits per heavy atom. The first kappa shape index (κ1) is 13.8. The fraction of sp³-hybridized carbons (Fsp3) is 0.333. The lowest BCUT2D eigenvalue weighted by Crippen LogP contribution is -2.31. The van der Waals surface area contributed by atoms with Crippen LogP contribution in [0.1, 0.15) is 29.2 Å². The zero-order valence-corrected chi connectivity index (χ0v) is 13.4. The topological polar surface area (TPSA) is 12.0 Å². The van der Waals surface area contributed by atoms with Crippen molar-refractivity contribution in [2.24, 2.45) is 5.92 Å². The fourth-order valence-corrected chi connectivity index (χ4v) is 3.83. The number of halogens is 1. The Balaban J connectivity index is 1.87. The zero-order valence-electron chi connectivity index (χ0n) is 11.8. The molecule has 20 heavy (non-hydrogen) atoms. The molecule has 3 rings (SSSR count). The third-order valence-electron chi connectivity index (χ3n) is 4.40. The van der Waals surface area contributed by atoms with Gasteiger partial charge in [-0.2, -0.15) is 0 Å². The second kappa shape index (κ2) is 6.11. The van der Waals surface area contributed by atoms with Crippen LogP contribution in [0.25, 0.3) is 0 Å². The van der Waals surface area contributed by atoms with E-state index in [1.54, 1.807) is 0 Å². The molecule has 1 aliphatic carbocycles. The Kier molecular flexibility index (Phi) is 4.23. The largest absolute Gasteiger partial charge is 0.313 e. The molecule has 0 spiro atoms. The SMILES string of the molecule is CNC1c2ccccc2CCC1Cc1ccccc1Br. The van der Waals surface area contributed by atoms with E-state index >= 15 is 0 Å². The van der Waals surface area contributed by atoms with E-state index < -0.39 is 0 Å². The molecule has 2 aromatic carbocycles. The summed E-state index contributed by atoms with van der Waals surface area (Å²) in [6.07, 6.45) is 3.58. The van der Waals surface area contributed by atoms with Gasteiger partial charge in [-0.1, -0.05) is 58.4 Å². The Bertz CT molecular complexity index is 593. The standard InChI is InChI=1S/C18H20BrN/c1-20-18-15(12-14-7-3-5-9-17(14)19)11-10-13-6-2-4-8-16(13)18/h2-9,15,18,20H,10-12H2,1H3. The quantitative estimate of drug-likeness (QED) is 0.873. The number of hydrogen-bond donors (Lipinski definition) is 1. The maximum Gasteiger partial charge on any atom is 0.0352 e. The van der Waals surface area contributed by atoms with Crippen LogP contribution in [0.3, 0.4) is 0 Å². The smallest absolute Gasteiger partial charge is 0.0352 e. The average molecular weight is 330 g/mol. The van der Waals surface area contributed by atoms with Gasteiger partial charge in [-0.25, -0.2) is 0 Å². The van der Waals surface area contributed by atoms with E-state index in [1.807, 2.05) is 0 Å². The van der Waals surface area contributed by atoms with Gasteiger partial charge in [0.15, 0.2) is 0 Å². The molecule has 1 nitrogen and oxygen atoms in total. The molecule has 1 N–H and O–H groups in total. The second-order valence-electron chi connectivity index (χ2n) is 5.56. The van der Waals surface area contributed by atoms with Crippen molar-refractivity contribution in [2.45, 2.75) is 25.3 Å². The van der Waals surface area contributed by atoms with Crippen molar-refractivity contribution in [3.63, 3.8) is 0 Å². The highest BCUT2D eigenvalue weighted by molar-refractivity contribution is 9.10. The minimum atomic E-state index is 0.465. The van der Waals surface area contributed by atoms with Gasteiger partial charge in [-0.05, 0) is 55.0 Å². The van der Waals surface area contributed by atoms with Crippen LogP contribution in [0.15, 0.2) is 53.0 Å². The minimum Gasteiger partial charge on any atom is -0.313 e. The predicted molar refractivity (Wildman–Crippen MR) is 87.9 cm³/mol. The van der Waals surface area contributed by atoms with Gasteiger partial charge in [-0.3, -0.25) is 0 Å². The number of aryl methyl sites for hydroxylation is 1. The Morgan fingerprint density at radius 3 is 2.65 bits per heavy atom. The molecular weight excluding hydrogens is 310 g/mol. The summed E-state index contributed by atoms with van der Waals surface area (Å²) in [6, 6.07) is 17.9. The third kappa shape index (κ3) is 2.68. The lowest BCUT2D eigenvalue weighted by Gasteiger charge is -2.34. The van der Waals surface area contributed by atoms with Crippen molar-refractivity contribution in [2.75, 3.05) is 7.05 Å². The first-order valence-corrected chi connectivity index (χ1v) is 8.07. The van der Waals surface area contributed by atoms with E-state index in [0.717, 1.165) is 6.42 Å². The van der Waals surface area contributed by atoms with Gasteiger partial charge >= 0.3 is 0 Å². The lowest BCUT2D eigenvalue weighted by molar-refractivity contribution is 0.334. The predicted octanol–water partition coefficient (Wildman–Crippen LogP) is 4.51. The summed E-state index contributed by atoms with van der Waals surface area (Å²) in [7, 11) is 2.08. The molecule has 2 atom stereocenters. The fourth-order valence-electron chi connectivity index (χ4n) is 3.38. The van der Waals surface area contributed by atoms with Gasteiger partial charge in [0.2, 0.25) is 0 Å². The first-order valence-electron chi connectivity index (χ1n) is 7.28. The van der Waals surface area contributed by atoms with Crippen molar-refractivity contribution in [1.29, 1.82) is 0 Å². The lowest BCUT2D eigenvalue weighted by atomic mass is 9.77. The van der Waals surface area contributed by atoms with E-state index in [0.29, 0.717) is 12.0 Å². The van der Waals surface area contributed by atoms with Gasteiger partial charge in [-0.15, -0.1) is 0 Å². The molecule has 0 aliphatic heterocycles. The normalized spacial score (nSPS) is 21.5. The number of hydrogen-bond acceptors (Lipinski definition) is 1. The number of fused-ring (bicyclic) bond motifs is 1. The summed E-state index contributed by atoms with van der Waals surface area (Å²) in [5.41, 5.74) is 4.41. The van der Waals surface area contributed by atoms with E-state index in [1.165, 1.54) is 34.0 Å². The third-order valence-corrected chi connectivity index (χ3v) is 5.17. The Hall–Kier alpha value is -1.12. The molecule has 0 amide bonds. The minimum absolute atomic E-state index is 0.465. The molecule has 2 aromatic rings. The van der Waals surface area contributed by atoms with Crippen LogP contribution in [0.4, 0.5) is 0 Å². The summed E-state index contributed by atoms with van der Waals surface area (Å²) in [5, 5.41) is 3.53. The van der Waals surface area contributed by atoms with Gasteiger partial charge in [0.1, 0.15) is 0 Å². The zero-order chi connectivity index (χ0) is 13.9. The van der Waals surface area contributed by atoms with Crippen molar-refractivity contribution in [3.05, 3.63) is 69.7 Å². The summed E-state index contributed by atoms with van der Waals surface area (Å²) in [6.45, 7) is 0. The summed E-state index contributed by atoms with van der Waals surface area (Å²) < 4.78 is 1.23. The van der Waals surface area contributed by atoms with Crippen LogP contribution in [-0.2, 0) is 12.8 Å². The molecule has 1 aliphatic rings. The maximum atomic E-state index is 3.68. The van der Waals surface area contributed by atoms with Crippen LogP contribution in [0.2, 0.25) is 0 Å². The van der Waals surface area contributed by atoms with Gasteiger partial charge in [0.05, 0.1) is 0 Å². The molecule has 0 heterocycles. The molecule has 0 saturated carbocycles. The van der Waals surface area contributed by atoms with Crippen molar-refractivity contribution >= 4 is 15.9 Å². The summed E-state index contributed by atoms with van der Waals surface area (Å²) in [4.78, 5) is 0. The average Bonchev–Trinajstić information content (AvgIpc) is 2.49. The molecular formula is C18H20BrN. The maximum absolute atomic E-state index is 3.68. The molecule has 0 saturated heterocycles. The van der Waals surface area contributed by atoms with E-state index in [9.17, 15) is 0 Å². The highest BCUT2D eigenvalue weighted by Crippen LogP contribution is 2.37. The highest BCUT2D eigenvalue weighted by Gasteiger charge is 2.28. The number of rotatable bonds is 3. The van der Waals surface area contributed by atoms with Gasteiger partial charge < -0.3 is 5.32 Å². The Labute approximate surface area is 129 Å². The summed E-state index contributed by atoms with van der Waals surface area (Å²) >= 11 is 3.68.